The topological polar surface area (TPSA) is 79.9 Å². The Morgan fingerprint density at radius 1 is 1.35 bits per heavy atom. The molecule has 1 aliphatic heterocycles. The smallest absolute Gasteiger partial charge is 0.331 e. The summed E-state index contributed by atoms with van der Waals surface area (Å²) in [5.41, 5.74) is 4.35. The lowest BCUT2D eigenvalue weighted by Crippen LogP contribution is -2.28. The Balaban J connectivity index is 2.30. The molecule has 0 aromatic heterocycles. The Bertz CT molecular complexity index is 626. The third-order valence-electron chi connectivity index (χ3n) is 3.38. The number of amides is 2. The van der Waals surface area contributed by atoms with Gasteiger partial charge in [-0.2, -0.15) is 0 Å². The van der Waals surface area contributed by atoms with Gasteiger partial charge in [-0.15, -0.1) is 0 Å². The maximum Gasteiger partial charge on any atom is 0.331 e. The fraction of sp³-hybridized carbons (Fsp3) is 0.500. The van der Waals surface area contributed by atoms with Gasteiger partial charge in [-0.3, -0.25) is 0 Å². The molecule has 0 aliphatic carbocycles. The van der Waals surface area contributed by atoms with E-state index in [9.17, 15) is 9.59 Å². The minimum absolute atomic E-state index is 0.261. The van der Waals surface area contributed by atoms with Gasteiger partial charge in [0.1, 0.15) is 11.4 Å². The molecule has 0 spiro atoms. The molecule has 7 heteroatoms. The van der Waals surface area contributed by atoms with Crippen molar-refractivity contribution in [2.45, 2.75) is 39.2 Å². The Hall–Kier alpha value is -2.44. The van der Waals surface area contributed by atoms with Crippen LogP contribution < -0.4 is 15.5 Å². The van der Waals surface area contributed by atoms with Crippen LogP contribution in [0.4, 0.5) is 16.2 Å². The van der Waals surface area contributed by atoms with E-state index in [4.69, 9.17) is 9.57 Å². The van der Waals surface area contributed by atoms with Crippen LogP contribution >= 0.6 is 0 Å². The quantitative estimate of drug-likeness (QED) is 0.834. The van der Waals surface area contributed by atoms with Gasteiger partial charge in [0, 0.05) is 32.5 Å². The molecule has 0 atom stereocenters. The molecule has 0 unspecified atom stereocenters. The number of fused-ring (bicyclic) bond motifs is 1. The molecule has 0 fully saturated rings. The van der Waals surface area contributed by atoms with Gasteiger partial charge in [0.15, 0.2) is 0 Å². The predicted octanol–water partition coefficient (Wildman–Crippen LogP) is 2.77. The number of carbonyl (C=O) groups excluding carboxylic acids is 2. The van der Waals surface area contributed by atoms with Gasteiger partial charge in [-0.1, -0.05) is 6.92 Å². The van der Waals surface area contributed by atoms with Crippen LogP contribution in [-0.4, -0.2) is 36.6 Å². The second kappa shape index (κ2) is 6.36. The number of nitrogens with one attached hydrogen (secondary N) is 2. The van der Waals surface area contributed by atoms with Crippen molar-refractivity contribution in [2.24, 2.45) is 0 Å². The average Bonchev–Trinajstić information content (AvgIpc) is 2.78. The second-order valence-corrected chi connectivity index (χ2v) is 6.30. The number of hydrogen-bond acceptors (Lipinski definition) is 5. The molecule has 23 heavy (non-hydrogen) atoms. The highest BCUT2D eigenvalue weighted by molar-refractivity contribution is 5.92. The molecule has 126 valence electrons. The molecule has 0 bridgehead atoms. The highest BCUT2D eigenvalue weighted by atomic mass is 16.7. The first-order valence-corrected chi connectivity index (χ1v) is 7.52. The summed E-state index contributed by atoms with van der Waals surface area (Å²) in [5.74, 6) is 0.290. The first-order valence-electron chi connectivity index (χ1n) is 7.52. The van der Waals surface area contributed by atoms with Gasteiger partial charge >= 0.3 is 12.0 Å². The Morgan fingerprint density at radius 2 is 2.04 bits per heavy atom. The van der Waals surface area contributed by atoms with Crippen LogP contribution in [0.25, 0.3) is 0 Å². The SMILES string of the molecule is CCC(=O)ONc1cc2c(c(NC(=O)N(C)C)c1)OC(C)(C)C2. The summed E-state index contributed by atoms with van der Waals surface area (Å²) < 4.78 is 5.94. The lowest BCUT2D eigenvalue weighted by molar-refractivity contribution is -0.140. The highest BCUT2D eigenvalue weighted by Gasteiger charge is 2.33. The number of rotatable bonds is 4. The van der Waals surface area contributed by atoms with Crippen molar-refractivity contribution in [3.05, 3.63) is 17.7 Å². The molecule has 1 aromatic carbocycles. The maximum absolute atomic E-state index is 12.0. The molecule has 0 saturated heterocycles. The summed E-state index contributed by atoms with van der Waals surface area (Å²) in [6, 6.07) is 3.28. The Labute approximate surface area is 135 Å². The molecule has 1 heterocycles. The van der Waals surface area contributed by atoms with E-state index in [0.717, 1.165) is 5.56 Å². The molecule has 7 nitrogen and oxygen atoms in total. The molecule has 1 aliphatic rings. The van der Waals surface area contributed by atoms with Crippen LogP contribution in [0.2, 0.25) is 0 Å². The molecule has 2 amide bonds. The fourth-order valence-corrected chi connectivity index (χ4v) is 2.28. The number of carbonyl (C=O) groups is 2. The van der Waals surface area contributed by atoms with Crippen LogP contribution in [0.1, 0.15) is 32.8 Å². The highest BCUT2D eigenvalue weighted by Crippen LogP contribution is 2.42. The van der Waals surface area contributed by atoms with E-state index in [-0.39, 0.29) is 24.0 Å². The van der Waals surface area contributed by atoms with E-state index >= 15 is 0 Å². The van der Waals surface area contributed by atoms with E-state index in [1.165, 1.54) is 4.90 Å². The van der Waals surface area contributed by atoms with E-state index in [1.54, 1.807) is 27.1 Å². The molecule has 2 rings (SSSR count). The summed E-state index contributed by atoms with van der Waals surface area (Å²) in [7, 11) is 3.32. The zero-order chi connectivity index (χ0) is 17.2. The summed E-state index contributed by atoms with van der Waals surface area (Å²) in [6.45, 7) is 5.68. The molecule has 0 saturated carbocycles. The normalized spacial score (nSPS) is 14.5. The van der Waals surface area contributed by atoms with Crippen LogP contribution in [-0.2, 0) is 16.1 Å². The number of urea groups is 1. The van der Waals surface area contributed by atoms with Gasteiger partial charge in [-0.05, 0) is 26.0 Å². The van der Waals surface area contributed by atoms with Gasteiger partial charge < -0.3 is 19.8 Å². The van der Waals surface area contributed by atoms with Crippen molar-refractivity contribution < 1.29 is 19.2 Å². The lowest BCUT2D eigenvalue weighted by Gasteiger charge is -2.19. The van der Waals surface area contributed by atoms with Crippen LogP contribution in [0.3, 0.4) is 0 Å². The zero-order valence-electron chi connectivity index (χ0n) is 14.1. The molecular weight excluding hydrogens is 298 g/mol. The summed E-state index contributed by atoms with van der Waals surface area (Å²) in [4.78, 5) is 29.6. The average molecular weight is 321 g/mol. The largest absolute Gasteiger partial charge is 0.485 e. The number of anilines is 2. The number of benzene rings is 1. The van der Waals surface area contributed by atoms with E-state index in [2.05, 4.69) is 10.8 Å². The van der Waals surface area contributed by atoms with Crippen molar-refractivity contribution in [1.29, 1.82) is 0 Å². The first kappa shape index (κ1) is 16.9. The molecule has 1 aromatic rings. The molecule has 0 radical (unpaired) electrons. The Morgan fingerprint density at radius 3 is 2.65 bits per heavy atom. The molecular formula is C16H23N3O4. The van der Waals surface area contributed by atoms with E-state index in [0.29, 0.717) is 23.5 Å². The number of nitrogens with zero attached hydrogens (tertiary/aromatic N) is 1. The standard InChI is InChI=1S/C16H23N3O4/c1-6-13(20)23-18-11-7-10-9-16(2,3)22-14(10)12(8-11)17-15(21)19(4)5/h7-8,18H,6,9H2,1-5H3,(H,17,21). The van der Waals surface area contributed by atoms with Crippen molar-refractivity contribution in [3.8, 4) is 5.75 Å². The van der Waals surface area contributed by atoms with Crippen LogP contribution in [0.15, 0.2) is 12.1 Å². The number of hydrogen-bond donors (Lipinski definition) is 2. The van der Waals surface area contributed by atoms with Gasteiger partial charge in [0.2, 0.25) is 0 Å². The number of ether oxygens (including phenoxy) is 1. The summed E-state index contributed by atoms with van der Waals surface area (Å²) >= 11 is 0. The van der Waals surface area contributed by atoms with Crippen molar-refractivity contribution >= 4 is 23.4 Å². The van der Waals surface area contributed by atoms with Crippen molar-refractivity contribution in [2.75, 3.05) is 24.9 Å². The first-order chi connectivity index (χ1) is 10.7. The Kier molecular flexibility index (Phi) is 4.68. The monoisotopic (exact) mass is 321 g/mol. The van der Waals surface area contributed by atoms with E-state index < -0.39 is 0 Å². The second-order valence-electron chi connectivity index (χ2n) is 6.30. The minimum atomic E-state index is -0.360. The lowest BCUT2D eigenvalue weighted by atomic mass is 10.0. The zero-order valence-corrected chi connectivity index (χ0v) is 14.1. The predicted molar refractivity (Wildman–Crippen MR) is 87.6 cm³/mol. The van der Waals surface area contributed by atoms with Gasteiger partial charge in [-0.25, -0.2) is 15.1 Å². The van der Waals surface area contributed by atoms with Crippen molar-refractivity contribution in [1.82, 2.24) is 4.90 Å². The third-order valence-corrected chi connectivity index (χ3v) is 3.38. The van der Waals surface area contributed by atoms with Crippen molar-refractivity contribution in [3.63, 3.8) is 0 Å². The fourth-order valence-electron chi connectivity index (χ4n) is 2.28. The van der Waals surface area contributed by atoms with Gasteiger partial charge in [0.25, 0.3) is 0 Å². The van der Waals surface area contributed by atoms with Gasteiger partial charge in [0.05, 0.1) is 11.4 Å². The van der Waals surface area contributed by atoms with E-state index in [1.807, 2.05) is 19.9 Å². The van der Waals surface area contributed by atoms with Crippen LogP contribution in [0.5, 0.6) is 5.75 Å². The maximum atomic E-state index is 12.0. The minimum Gasteiger partial charge on any atom is -0.485 e. The summed E-state index contributed by atoms with van der Waals surface area (Å²) in [5, 5.41) is 2.80. The summed E-state index contributed by atoms with van der Waals surface area (Å²) in [6.07, 6.45) is 0.975. The van der Waals surface area contributed by atoms with Crippen LogP contribution in [0, 0.1) is 0 Å². The molecule has 2 N–H and O–H groups in total. The third kappa shape index (κ3) is 4.06.